The van der Waals surface area contributed by atoms with Crippen LogP contribution < -0.4 is 0 Å². The van der Waals surface area contributed by atoms with Gasteiger partial charge in [-0.25, -0.2) is 0 Å². The fourth-order valence-corrected chi connectivity index (χ4v) is 7.23. The van der Waals surface area contributed by atoms with Gasteiger partial charge in [-0.3, -0.25) is 0 Å². The van der Waals surface area contributed by atoms with E-state index in [1.54, 1.807) is 0 Å². The van der Waals surface area contributed by atoms with Gasteiger partial charge in [0.1, 0.15) is 0 Å². The first-order valence-electron chi connectivity index (χ1n) is 4.31. The molecule has 0 aromatic carbocycles. The molecule has 0 amide bonds. The van der Waals surface area contributed by atoms with Crippen molar-refractivity contribution in [1.29, 1.82) is 0 Å². The van der Waals surface area contributed by atoms with Gasteiger partial charge in [-0.05, 0) is 0 Å². The SMILES string of the molecule is CC[As](CC)(CCO)CCO. The molecule has 0 aliphatic heterocycles. The van der Waals surface area contributed by atoms with Crippen LogP contribution in [0.2, 0.25) is 20.8 Å². The van der Waals surface area contributed by atoms with Crippen LogP contribution in [0.1, 0.15) is 13.8 Å². The summed E-state index contributed by atoms with van der Waals surface area (Å²) in [6.45, 7) is 5.02. The standard InChI is InChI=1S/C8H20AsO2/c1-3-9(4-2,5-7-10)6-8-11/h10-11H,3-8H2,1-2H3. The molecular weight excluding hydrogens is 203 g/mol. The van der Waals surface area contributed by atoms with Crippen molar-refractivity contribution in [3.8, 4) is 0 Å². The quantitative estimate of drug-likeness (QED) is 0.669. The van der Waals surface area contributed by atoms with Crippen molar-refractivity contribution in [2.24, 2.45) is 0 Å². The Morgan fingerprint density at radius 2 is 1.27 bits per heavy atom. The number of aliphatic hydroxyl groups excluding tert-OH is 2. The summed E-state index contributed by atoms with van der Waals surface area (Å²) in [7, 11) is 0. The van der Waals surface area contributed by atoms with Gasteiger partial charge in [-0.1, -0.05) is 0 Å². The van der Waals surface area contributed by atoms with E-state index in [2.05, 4.69) is 13.8 Å². The fourth-order valence-electron chi connectivity index (χ4n) is 1.39. The van der Waals surface area contributed by atoms with E-state index in [4.69, 9.17) is 10.2 Å². The number of aliphatic hydroxyl groups is 2. The molecule has 11 heavy (non-hydrogen) atoms. The molecule has 0 fully saturated rings. The number of hydrogen-bond donors (Lipinski definition) is 2. The van der Waals surface area contributed by atoms with E-state index in [1.165, 1.54) is 10.4 Å². The molecule has 0 unspecified atom stereocenters. The molecule has 0 aromatic rings. The van der Waals surface area contributed by atoms with Crippen molar-refractivity contribution < 1.29 is 10.2 Å². The Hall–Kier alpha value is 0.478. The van der Waals surface area contributed by atoms with E-state index in [9.17, 15) is 0 Å². The first-order chi connectivity index (χ1) is 5.24. The van der Waals surface area contributed by atoms with Crippen LogP contribution in [0.15, 0.2) is 0 Å². The molecule has 0 heterocycles. The Labute approximate surface area is 72.1 Å². The summed E-state index contributed by atoms with van der Waals surface area (Å²) >= 11 is -1.58. The van der Waals surface area contributed by atoms with E-state index in [1.807, 2.05) is 0 Å². The second-order valence-corrected chi connectivity index (χ2v) is 13.0. The fraction of sp³-hybridized carbons (Fsp3) is 1.00. The summed E-state index contributed by atoms with van der Waals surface area (Å²) in [4.78, 5) is 0. The molecular formula is C8H20AsO2. The summed E-state index contributed by atoms with van der Waals surface area (Å²) in [5.74, 6) is 0. The summed E-state index contributed by atoms with van der Waals surface area (Å²) in [6.07, 6.45) is 0. The Morgan fingerprint density at radius 3 is 1.45 bits per heavy atom. The molecule has 0 bridgehead atoms. The van der Waals surface area contributed by atoms with Gasteiger partial charge in [0.2, 0.25) is 0 Å². The average Bonchev–Trinajstić information content (AvgIpc) is 2.04. The van der Waals surface area contributed by atoms with Crippen molar-refractivity contribution in [3.05, 3.63) is 0 Å². The molecule has 0 saturated carbocycles. The molecule has 0 atom stereocenters. The monoisotopic (exact) mass is 223 g/mol. The van der Waals surface area contributed by atoms with Crippen LogP contribution >= 0.6 is 0 Å². The summed E-state index contributed by atoms with van der Waals surface area (Å²) in [5, 5.41) is 22.1. The first-order valence-corrected chi connectivity index (χ1v) is 9.62. The summed E-state index contributed by atoms with van der Waals surface area (Å²) in [6, 6.07) is 0. The van der Waals surface area contributed by atoms with E-state index < -0.39 is 13.6 Å². The molecule has 2 N–H and O–H groups in total. The molecule has 2 nitrogen and oxygen atoms in total. The van der Waals surface area contributed by atoms with Gasteiger partial charge >= 0.3 is 71.7 Å². The molecule has 69 valence electrons. The topological polar surface area (TPSA) is 40.5 Å². The van der Waals surface area contributed by atoms with Crippen molar-refractivity contribution in [2.45, 2.75) is 34.7 Å². The first kappa shape index (κ1) is 11.5. The number of hydrogen-bond acceptors (Lipinski definition) is 2. The van der Waals surface area contributed by atoms with Crippen LogP contribution in [0, 0.1) is 0 Å². The van der Waals surface area contributed by atoms with E-state index in [-0.39, 0.29) is 0 Å². The van der Waals surface area contributed by atoms with Crippen LogP contribution in [-0.2, 0) is 0 Å². The van der Waals surface area contributed by atoms with E-state index in [0.717, 1.165) is 10.4 Å². The van der Waals surface area contributed by atoms with Gasteiger partial charge in [0.05, 0.1) is 0 Å². The zero-order valence-corrected chi connectivity index (χ0v) is 9.46. The van der Waals surface area contributed by atoms with Gasteiger partial charge in [-0.15, -0.1) is 0 Å². The second kappa shape index (κ2) is 6.05. The average molecular weight is 223 g/mol. The molecule has 0 spiro atoms. The number of rotatable bonds is 6. The molecule has 0 rings (SSSR count). The second-order valence-electron chi connectivity index (χ2n) is 2.87. The Morgan fingerprint density at radius 1 is 0.909 bits per heavy atom. The Bertz CT molecular complexity index is 84.1. The van der Waals surface area contributed by atoms with E-state index >= 15 is 0 Å². The van der Waals surface area contributed by atoms with Crippen LogP contribution in [0.3, 0.4) is 0 Å². The Kier molecular flexibility index (Phi) is 6.31. The van der Waals surface area contributed by atoms with Gasteiger partial charge in [0.25, 0.3) is 0 Å². The molecule has 0 aliphatic rings. The van der Waals surface area contributed by atoms with Crippen molar-refractivity contribution >= 4 is 13.6 Å². The normalized spacial score (nSPS) is 12.0. The Balaban J connectivity index is 3.96. The van der Waals surface area contributed by atoms with E-state index in [0.29, 0.717) is 13.2 Å². The maximum atomic E-state index is 8.85. The molecule has 0 saturated heterocycles. The van der Waals surface area contributed by atoms with Gasteiger partial charge in [0.15, 0.2) is 0 Å². The zero-order chi connectivity index (χ0) is 8.74. The molecule has 3 heteroatoms. The van der Waals surface area contributed by atoms with Crippen molar-refractivity contribution in [3.63, 3.8) is 0 Å². The molecule has 0 aromatic heterocycles. The van der Waals surface area contributed by atoms with Gasteiger partial charge in [0, 0.05) is 0 Å². The van der Waals surface area contributed by atoms with Crippen LogP contribution in [0.4, 0.5) is 0 Å². The maximum absolute atomic E-state index is 8.85. The summed E-state index contributed by atoms with van der Waals surface area (Å²) in [5.41, 5.74) is 0. The van der Waals surface area contributed by atoms with Crippen molar-refractivity contribution in [2.75, 3.05) is 13.2 Å². The summed E-state index contributed by atoms with van der Waals surface area (Å²) < 4.78 is 0. The molecule has 1 radical (unpaired) electrons. The third kappa shape index (κ3) is 3.59. The minimum atomic E-state index is -1.58. The molecule has 0 aliphatic carbocycles. The third-order valence-corrected chi connectivity index (χ3v) is 12.9. The zero-order valence-electron chi connectivity index (χ0n) is 7.58. The van der Waals surface area contributed by atoms with Gasteiger partial charge in [-0.2, -0.15) is 0 Å². The third-order valence-electron chi connectivity index (χ3n) is 2.49. The van der Waals surface area contributed by atoms with Crippen LogP contribution in [0.25, 0.3) is 0 Å². The van der Waals surface area contributed by atoms with Crippen LogP contribution in [0.5, 0.6) is 0 Å². The predicted octanol–water partition coefficient (Wildman–Crippen LogP) is 1.46. The predicted molar refractivity (Wildman–Crippen MR) is 50.5 cm³/mol. The minimum absolute atomic E-state index is 0.314. The van der Waals surface area contributed by atoms with Crippen LogP contribution in [-0.4, -0.2) is 37.0 Å². The van der Waals surface area contributed by atoms with Crippen molar-refractivity contribution in [1.82, 2.24) is 0 Å². The van der Waals surface area contributed by atoms with Gasteiger partial charge < -0.3 is 0 Å².